The van der Waals surface area contributed by atoms with Crippen LogP contribution in [0.1, 0.15) is 38.2 Å². The molecule has 1 aromatic rings. The standard InChI is InChI=1S/C20H23NO2/c1-4-6-17(18-9-10-20(23)21(3)14-18)13-19(22)12-16-8-5-7-15(2)11-16/h1,6,9-11,13-14,16,22H,5,7-8,12H2,2-3H3/b17-6+,19-13+. The van der Waals surface area contributed by atoms with Crippen LogP contribution in [0.15, 0.2) is 52.7 Å². The fourth-order valence-electron chi connectivity index (χ4n) is 2.94. The van der Waals surface area contributed by atoms with Gasteiger partial charge in [-0.05, 0) is 61.5 Å². The molecule has 1 unspecified atom stereocenters. The van der Waals surface area contributed by atoms with Gasteiger partial charge >= 0.3 is 0 Å². The quantitative estimate of drug-likeness (QED) is 0.395. The Bertz CT molecular complexity index is 757. The zero-order chi connectivity index (χ0) is 16.8. The van der Waals surface area contributed by atoms with Gasteiger partial charge in [-0.15, -0.1) is 6.42 Å². The van der Waals surface area contributed by atoms with E-state index >= 15 is 0 Å². The van der Waals surface area contributed by atoms with Gasteiger partial charge in [0.2, 0.25) is 5.56 Å². The van der Waals surface area contributed by atoms with Gasteiger partial charge in [0.1, 0.15) is 0 Å². The number of nitrogens with zero attached hydrogens (tertiary/aromatic N) is 1. The first-order chi connectivity index (χ1) is 11.0. The summed E-state index contributed by atoms with van der Waals surface area (Å²) in [6, 6.07) is 3.22. The minimum Gasteiger partial charge on any atom is -0.512 e. The highest BCUT2D eigenvalue weighted by molar-refractivity contribution is 5.75. The molecule has 0 spiro atoms. The molecule has 3 heteroatoms. The molecule has 1 N–H and O–H groups in total. The van der Waals surface area contributed by atoms with E-state index in [0.717, 1.165) is 24.0 Å². The van der Waals surface area contributed by atoms with Crippen molar-refractivity contribution in [1.29, 1.82) is 0 Å². The summed E-state index contributed by atoms with van der Waals surface area (Å²) >= 11 is 0. The number of aliphatic hydroxyl groups is 1. The Kier molecular flexibility index (Phi) is 5.65. The lowest BCUT2D eigenvalue weighted by Crippen LogP contribution is -2.14. The Balaban J connectivity index is 2.23. The Morgan fingerprint density at radius 2 is 2.30 bits per heavy atom. The molecule has 0 fully saturated rings. The molecule has 0 saturated heterocycles. The molecule has 1 aromatic heterocycles. The third-order valence-corrected chi connectivity index (χ3v) is 4.12. The second-order valence-corrected chi connectivity index (χ2v) is 6.14. The molecule has 1 atom stereocenters. The topological polar surface area (TPSA) is 42.2 Å². The minimum atomic E-state index is -0.0789. The Labute approximate surface area is 137 Å². The van der Waals surface area contributed by atoms with Crippen LogP contribution in [0.2, 0.25) is 0 Å². The summed E-state index contributed by atoms with van der Waals surface area (Å²) in [7, 11) is 1.69. The second kappa shape index (κ2) is 7.69. The summed E-state index contributed by atoms with van der Waals surface area (Å²) in [6.07, 6.45) is 16.7. The van der Waals surface area contributed by atoms with E-state index in [1.165, 1.54) is 22.6 Å². The number of pyridine rings is 1. The number of allylic oxidation sites excluding steroid dienone is 6. The first kappa shape index (κ1) is 16.9. The molecule has 0 amide bonds. The Hall–Kier alpha value is -2.47. The lowest BCUT2D eigenvalue weighted by Gasteiger charge is -2.19. The molecule has 2 rings (SSSR count). The van der Waals surface area contributed by atoms with Crippen LogP contribution in [0, 0.1) is 18.3 Å². The van der Waals surface area contributed by atoms with E-state index < -0.39 is 0 Å². The third kappa shape index (κ3) is 4.75. The van der Waals surface area contributed by atoms with E-state index in [1.807, 2.05) is 0 Å². The maximum absolute atomic E-state index is 11.5. The summed E-state index contributed by atoms with van der Waals surface area (Å²) in [5.41, 5.74) is 2.86. The fraction of sp³-hybridized carbons (Fsp3) is 0.350. The first-order valence-electron chi connectivity index (χ1n) is 7.90. The third-order valence-electron chi connectivity index (χ3n) is 4.12. The number of aryl methyl sites for hydroxylation is 1. The Morgan fingerprint density at radius 1 is 1.52 bits per heavy atom. The molecule has 0 saturated carbocycles. The maximum atomic E-state index is 11.5. The normalized spacial score (nSPS) is 19.2. The van der Waals surface area contributed by atoms with Crippen molar-refractivity contribution < 1.29 is 5.11 Å². The molecule has 1 aliphatic rings. The number of aromatic nitrogens is 1. The van der Waals surface area contributed by atoms with Crippen LogP contribution in [0.25, 0.3) is 5.57 Å². The van der Waals surface area contributed by atoms with Gasteiger partial charge in [0.15, 0.2) is 0 Å². The van der Waals surface area contributed by atoms with Gasteiger partial charge in [-0.25, -0.2) is 0 Å². The first-order valence-corrected chi connectivity index (χ1v) is 7.90. The second-order valence-electron chi connectivity index (χ2n) is 6.14. The fourth-order valence-corrected chi connectivity index (χ4v) is 2.94. The molecule has 23 heavy (non-hydrogen) atoms. The van der Waals surface area contributed by atoms with Crippen LogP contribution in [-0.4, -0.2) is 9.67 Å². The predicted octanol–water partition coefficient (Wildman–Crippen LogP) is 3.98. The van der Waals surface area contributed by atoms with E-state index in [-0.39, 0.29) is 5.56 Å². The highest BCUT2D eigenvalue weighted by atomic mass is 16.3. The van der Waals surface area contributed by atoms with Crippen LogP contribution < -0.4 is 5.56 Å². The van der Waals surface area contributed by atoms with Gasteiger partial charge in [0.05, 0.1) is 5.76 Å². The number of hydrogen-bond donors (Lipinski definition) is 1. The van der Waals surface area contributed by atoms with Crippen molar-refractivity contribution in [3.8, 4) is 12.3 Å². The summed E-state index contributed by atoms with van der Waals surface area (Å²) in [5.74, 6) is 3.20. The van der Waals surface area contributed by atoms with Gasteiger partial charge in [-0.2, -0.15) is 0 Å². The molecule has 0 radical (unpaired) electrons. The summed E-state index contributed by atoms with van der Waals surface area (Å²) in [6.45, 7) is 2.14. The van der Waals surface area contributed by atoms with Crippen LogP contribution in [-0.2, 0) is 7.05 Å². The van der Waals surface area contributed by atoms with Crippen LogP contribution in [0.3, 0.4) is 0 Å². The molecule has 0 aliphatic heterocycles. The maximum Gasteiger partial charge on any atom is 0.250 e. The van der Waals surface area contributed by atoms with E-state index in [2.05, 4.69) is 18.9 Å². The SMILES string of the molecule is C#C/C=C(\C=C(\O)CC1C=C(C)CCC1)c1ccc(=O)n(C)c1. The van der Waals surface area contributed by atoms with E-state index in [9.17, 15) is 9.90 Å². The smallest absolute Gasteiger partial charge is 0.250 e. The van der Waals surface area contributed by atoms with Crippen molar-refractivity contribution in [1.82, 2.24) is 4.57 Å². The minimum absolute atomic E-state index is 0.0789. The van der Waals surface area contributed by atoms with Crippen molar-refractivity contribution in [3.63, 3.8) is 0 Å². The van der Waals surface area contributed by atoms with Crippen molar-refractivity contribution in [2.75, 3.05) is 0 Å². The van der Waals surface area contributed by atoms with Gasteiger partial charge < -0.3 is 9.67 Å². The van der Waals surface area contributed by atoms with Crippen molar-refractivity contribution in [2.45, 2.75) is 32.6 Å². The van der Waals surface area contributed by atoms with Gasteiger partial charge in [0, 0.05) is 25.7 Å². The average molecular weight is 309 g/mol. The lowest BCUT2D eigenvalue weighted by atomic mass is 9.88. The highest BCUT2D eigenvalue weighted by Crippen LogP contribution is 2.28. The highest BCUT2D eigenvalue weighted by Gasteiger charge is 2.13. The van der Waals surface area contributed by atoms with Gasteiger partial charge in [-0.3, -0.25) is 4.79 Å². The molecule has 120 valence electrons. The number of aliphatic hydroxyl groups excluding tert-OH is 1. The van der Waals surface area contributed by atoms with Crippen molar-refractivity contribution >= 4 is 5.57 Å². The molecule has 3 nitrogen and oxygen atoms in total. The summed E-state index contributed by atoms with van der Waals surface area (Å²) in [5, 5.41) is 10.3. The van der Waals surface area contributed by atoms with Gasteiger partial charge in [0.25, 0.3) is 0 Å². The molecule has 1 aliphatic carbocycles. The summed E-state index contributed by atoms with van der Waals surface area (Å²) in [4.78, 5) is 11.5. The zero-order valence-corrected chi connectivity index (χ0v) is 13.7. The van der Waals surface area contributed by atoms with E-state index in [1.54, 1.807) is 31.5 Å². The van der Waals surface area contributed by atoms with E-state index in [4.69, 9.17) is 6.42 Å². The number of rotatable bonds is 4. The monoisotopic (exact) mass is 309 g/mol. The van der Waals surface area contributed by atoms with Gasteiger partial charge in [-0.1, -0.05) is 17.6 Å². The lowest BCUT2D eigenvalue weighted by molar-refractivity contribution is 0.356. The number of hydrogen-bond acceptors (Lipinski definition) is 2. The summed E-state index contributed by atoms with van der Waals surface area (Å²) < 4.78 is 1.50. The predicted molar refractivity (Wildman–Crippen MR) is 94.9 cm³/mol. The molecular formula is C20H23NO2. The largest absolute Gasteiger partial charge is 0.512 e. The molecule has 0 aromatic carbocycles. The van der Waals surface area contributed by atoms with Crippen molar-refractivity contribution in [2.24, 2.45) is 13.0 Å². The number of terminal acetylenes is 1. The molecular weight excluding hydrogens is 286 g/mol. The molecule has 0 bridgehead atoms. The Morgan fingerprint density at radius 3 is 2.96 bits per heavy atom. The van der Waals surface area contributed by atoms with E-state index in [0.29, 0.717) is 18.1 Å². The van der Waals surface area contributed by atoms with Crippen molar-refractivity contribution in [3.05, 3.63) is 63.8 Å². The van der Waals surface area contributed by atoms with Crippen LogP contribution in [0.5, 0.6) is 0 Å². The average Bonchev–Trinajstić information content (AvgIpc) is 2.49. The van der Waals surface area contributed by atoms with Crippen LogP contribution >= 0.6 is 0 Å². The zero-order valence-electron chi connectivity index (χ0n) is 13.7. The van der Waals surface area contributed by atoms with Crippen LogP contribution in [0.4, 0.5) is 0 Å². The molecule has 1 heterocycles.